The van der Waals surface area contributed by atoms with Crippen LogP contribution < -0.4 is 10.9 Å². The van der Waals surface area contributed by atoms with Gasteiger partial charge >= 0.3 is 0 Å². The molecule has 0 spiro atoms. The van der Waals surface area contributed by atoms with Gasteiger partial charge in [-0.25, -0.2) is 4.68 Å². The molecule has 0 unspecified atom stereocenters. The Labute approximate surface area is 167 Å². The number of aryl methyl sites for hydroxylation is 1. The first-order valence-electron chi connectivity index (χ1n) is 9.37. The number of rotatable bonds is 6. The van der Waals surface area contributed by atoms with Crippen molar-refractivity contribution >= 4 is 16.7 Å². The van der Waals surface area contributed by atoms with Gasteiger partial charge in [-0.05, 0) is 23.3 Å². The Hall–Kier alpha value is -3.74. The van der Waals surface area contributed by atoms with E-state index in [0.29, 0.717) is 29.6 Å². The van der Waals surface area contributed by atoms with E-state index in [9.17, 15) is 9.59 Å². The van der Waals surface area contributed by atoms with E-state index in [0.717, 1.165) is 11.1 Å². The van der Waals surface area contributed by atoms with Crippen LogP contribution in [-0.4, -0.2) is 25.5 Å². The van der Waals surface area contributed by atoms with E-state index in [4.69, 9.17) is 0 Å². The number of nitrogens with zero attached hydrogens (tertiary/aromatic N) is 4. The molecule has 7 nitrogen and oxygen atoms in total. The molecule has 29 heavy (non-hydrogen) atoms. The summed E-state index contributed by atoms with van der Waals surface area (Å²) in [4.78, 5) is 24.8. The number of fused-ring (bicyclic) bond motifs is 1. The molecule has 0 saturated carbocycles. The van der Waals surface area contributed by atoms with Crippen molar-refractivity contribution in [2.75, 3.05) is 0 Å². The second-order valence-electron chi connectivity index (χ2n) is 6.85. The molecular formula is C22H21N5O2. The molecule has 0 aliphatic heterocycles. The highest BCUT2D eigenvalue weighted by Gasteiger charge is 2.13. The quantitative estimate of drug-likeness (QED) is 0.549. The minimum absolute atomic E-state index is 0.107. The largest absolute Gasteiger partial charge is 0.352 e. The highest BCUT2D eigenvalue weighted by atomic mass is 16.1. The minimum atomic E-state index is -0.169. The van der Waals surface area contributed by atoms with Crippen LogP contribution >= 0.6 is 0 Å². The molecular weight excluding hydrogens is 366 g/mol. The lowest BCUT2D eigenvalue weighted by molar-refractivity contribution is -0.120. The number of hydrogen-bond acceptors (Lipinski definition) is 4. The molecule has 0 aliphatic carbocycles. The van der Waals surface area contributed by atoms with Gasteiger partial charge in [-0.1, -0.05) is 42.5 Å². The third kappa shape index (κ3) is 4.08. The van der Waals surface area contributed by atoms with Crippen molar-refractivity contribution in [1.82, 2.24) is 24.9 Å². The van der Waals surface area contributed by atoms with Gasteiger partial charge < -0.3 is 5.32 Å². The molecule has 2 heterocycles. The summed E-state index contributed by atoms with van der Waals surface area (Å²) < 4.78 is 3.13. The summed E-state index contributed by atoms with van der Waals surface area (Å²) in [6, 6.07) is 17.1. The smallest absolute Gasteiger partial charge is 0.274 e. The van der Waals surface area contributed by atoms with Crippen LogP contribution in [0.5, 0.6) is 0 Å². The van der Waals surface area contributed by atoms with Gasteiger partial charge in [-0.2, -0.15) is 10.2 Å². The lowest BCUT2D eigenvalue weighted by atomic mass is 10.1. The number of benzene rings is 2. The van der Waals surface area contributed by atoms with Crippen molar-refractivity contribution in [2.45, 2.75) is 19.5 Å². The Morgan fingerprint density at radius 3 is 2.48 bits per heavy atom. The number of nitrogens with one attached hydrogen (secondary N) is 1. The summed E-state index contributed by atoms with van der Waals surface area (Å²) in [5.41, 5.74) is 2.55. The predicted molar refractivity (Wildman–Crippen MR) is 110 cm³/mol. The van der Waals surface area contributed by atoms with Crippen LogP contribution in [0.2, 0.25) is 0 Å². The fraction of sp³-hybridized carbons (Fsp3) is 0.182. The molecule has 1 amide bonds. The first-order valence-corrected chi connectivity index (χ1v) is 9.37. The van der Waals surface area contributed by atoms with E-state index >= 15 is 0 Å². The first kappa shape index (κ1) is 18.6. The van der Waals surface area contributed by atoms with Gasteiger partial charge in [0.1, 0.15) is 0 Å². The lowest BCUT2D eigenvalue weighted by Crippen LogP contribution is -2.28. The number of aromatic nitrogens is 4. The normalized spacial score (nSPS) is 10.9. The number of hydrogen-bond donors (Lipinski definition) is 1. The molecule has 0 fully saturated rings. The molecule has 2 aromatic heterocycles. The van der Waals surface area contributed by atoms with Crippen molar-refractivity contribution in [3.8, 4) is 0 Å². The molecule has 4 rings (SSSR count). The van der Waals surface area contributed by atoms with Crippen molar-refractivity contribution in [1.29, 1.82) is 0 Å². The van der Waals surface area contributed by atoms with Gasteiger partial charge in [-0.15, -0.1) is 0 Å². The molecule has 2 aromatic carbocycles. The SMILES string of the molecule is Cn1nc(CC(=O)NCc2ccccc2Cn2cccn2)c2ccccc2c1=O. The summed E-state index contributed by atoms with van der Waals surface area (Å²) >= 11 is 0. The van der Waals surface area contributed by atoms with E-state index in [1.165, 1.54) is 4.68 Å². The van der Waals surface area contributed by atoms with Crippen molar-refractivity contribution in [3.05, 3.63) is 94.2 Å². The standard InChI is InChI=1S/C22H21N5O2/c1-26-22(29)19-10-5-4-9-18(19)20(25-26)13-21(28)23-14-16-7-2-3-8-17(16)15-27-12-6-11-24-27/h2-12H,13-15H2,1H3,(H,23,28). The van der Waals surface area contributed by atoms with Crippen LogP contribution in [0.25, 0.3) is 10.8 Å². The summed E-state index contributed by atoms with van der Waals surface area (Å²) in [6.07, 6.45) is 3.76. The molecule has 146 valence electrons. The van der Waals surface area contributed by atoms with Gasteiger partial charge in [0, 0.05) is 31.4 Å². The maximum absolute atomic E-state index is 12.6. The summed E-state index contributed by atoms with van der Waals surface area (Å²) in [5, 5.41) is 12.8. The van der Waals surface area contributed by atoms with Crippen molar-refractivity contribution in [3.63, 3.8) is 0 Å². The van der Waals surface area contributed by atoms with E-state index in [-0.39, 0.29) is 17.9 Å². The fourth-order valence-electron chi connectivity index (χ4n) is 3.37. The zero-order chi connectivity index (χ0) is 20.2. The van der Waals surface area contributed by atoms with E-state index < -0.39 is 0 Å². The third-order valence-corrected chi connectivity index (χ3v) is 4.85. The zero-order valence-electron chi connectivity index (χ0n) is 16.1. The second kappa shape index (κ2) is 8.10. The van der Waals surface area contributed by atoms with Gasteiger partial charge in [-0.3, -0.25) is 14.3 Å². The van der Waals surface area contributed by atoms with Crippen LogP contribution in [0.3, 0.4) is 0 Å². The topological polar surface area (TPSA) is 81.8 Å². The highest BCUT2D eigenvalue weighted by Crippen LogP contribution is 2.14. The monoisotopic (exact) mass is 387 g/mol. The molecule has 7 heteroatoms. The van der Waals surface area contributed by atoms with Crippen LogP contribution in [0.1, 0.15) is 16.8 Å². The van der Waals surface area contributed by atoms with Gasteiger partial charge in [0.05, 0.1) is 24.0 Å². The number of carbonyl (C=O) groups excluding carboxylic acids is 1. The predicted octanol–water partition coefficient (Wildman–Crippen LogP) is 2.04. The highest BCUT2D eigenvalue weighted by molar-refractivity contribution is 5.88. The van der Waals surface area contributed by atoms with Crippen LogP contribution in [0.15, 0.2) is 71.8 Å². The van der Waals surface area contributed by atoms with E-state index in [1.807, 2.05) is 59.4 Å². The summed E-state index contributed by atoms with van der Waals surface area (Å²) in [6.45, 7) is 1.06. The number of carbonyl (C=O) groups is 1. The Kier molecular flexibility index (Phi) is 5.20. The Bertz CT molecular complexity index is 1210. The fourth-order valence-corrected chi connectivity index (χ4v) is 3.37. The zero-order valence-corrected chi connectivity index (χ0v) is 16.1. The van der Waals surface area contributed by atoms with Crippen LogP contribution in [0.4, 0.5) is 0 Å². The third-order valence-electron chi connectivity index (χ3n) is 4.85. The average Bonchev–Trinajstić information content (AvgIpc) is 3.24. The van der Waals surface area contributed by atoms with Crippen LogP contribution in [-0.2, 0) is 31.4 Å². The molecule has 0 bridgehead atoms. The average molecular weight is 387 g/mol. The minimum Gasteiger partial charge on any atom is -0.352 e. The van der Waals surface area contributed by atoms with Gasteiger partial charge in [0.25, 0.3) is 5.56 Å². The Morgan fingerprint density at radius 1 is 1.00 bits per heavy atom. The Morgan fingerprint density at radius 2 is 1.72 bits per heavy atom. The lowest BCUT2D eigenvalue weighted by Gasteiger charge is -2.12. The molecule has 0 saturated heterocycles. The van der Waals surface area contributed by atoms with Gasteiger partial charge in [0.2, 0.25) is 5.91 Å². The first-order chi connectivity index (χ1) is 14.1. The summed E-state index contributed by atoms with van der Waals surface area (Å²) in [7, 11) is 1.60. The van der Waals surface area contributed by atoms with E-state index in [1.54, 1.807) is 19.3 Å². The molecule has 1 N–H and O–H groups in total. The second-order valence-corrected chi connectivity index (χ2v) is 6.85. The van der Waals surface area contributed by atoms with Crippen molar-refractivity contribution < 1.29 is 4.79 Å². The van der Waals surface area contributed by atoms with Gasteiger partial charge in [0.15, 0.2) is 0 Å². The maximum atomic E-state index is 12.6. The number of amides is 1. The molecule has 4 aromatic rings. The summed E-state index contributed by atoms with van der Waals surface area (Å²) in [5.74, 6) is -0.143. The van der Waals surface area contributed by atoms with E-state index in [2.05, 4.69) is 15.5 Å². The molecule has 0 aliphatic rings. The maximum Gasteiger partial charge on any atom is 0.274 e. The van der Waals surface area contributed by atoms with Crippen molar-refractivity contribution in [2.24, 2.45) is 7.05 Å². The molecule has 0 radical (unpaired) electrons. The Balaban J connectivity index is 1.49. The van der Waals surface area contributed by atoms with Crippen LogP contribution in [0, 0.1) is 0 Å². The molecule has 0 atom stereocenters.